The van der Waals surface area contributed by atoms with Crippen molar-refractivity contribution in [1.29, 1.82) is 0 Å². The number of hydrogen-bond donors (Lipinski definition) is 2. The fourth-order valence-electron chi connectivity index (χ4n) is 5.94. The van der Waals surface area contributed by atoms with Crippen LogP contribution in [0.1, 0.15) is 37.3 Å². The SMILES string of the molecule is CN1CCN(C2CCC(n3nc(-c4ccc(NCc5c(Cl)cccc5Cl)cc4)c4c(N)ncnc43)CC2)CC1. The number of piperazine rings is 1. The van der Waals surface area contributed by atoms with Crippen molar-refractivity contribution in [2.24, 2.45) is 0 Å². The lowest BCUT2D eigenvalue weighted by molar-refractivity contribution is 0.0815. The van der Waals surface area contributed by atoms with Gasteiger partial charge in [0.2, 0.25) is 0 Å². The predicted octanol–water partition coefficient (Wildman–Crippen LogP) is 5.73. The van der Waals surface area contributed by atoms with Crippen LogP contribution in [0.3, 0.4) is 0 Å². The van der Waals surface area contributed by atoms with Crippen LogP contribution >= 0.6 is 23.2 Å². The van der Waals surface area contributed by atoms with Crippen LogP contribution in [-0.4, -0.2) is 68.8 Å². The Bertz CT molecular complexity index is 1420. The van der Waals surface area contributed by atoms with Crippen LogP contribution in [0.2, 0.25) is 10.0 Å². The van der Waals surface area contributed by atoms with Crippen LogP contribution in [0.4, 0.5) is 11.5 Å². The molecule has 0 amide bonds. The average Bonchev–Trinajstić information content (AvgIpc) is 3.35. The van der Waals surface area contributed by atoms with E-state index in [1.807, 2.05) is 30.3 Å². The molecule has 0 spiro atoms. The zero-order valence-corrected chi connectivity index (χ0v) is 23.7. The Morgan fingerprint density at radius 1 is 0.897 bits per heavy atom. The molecule has 2 aromatic heterocycles. The number of nitrogens with one attached hydrogen (secondary N) is 1. The van der Waals surface area contributed by atoms with Gasteiger partial charge in [0.1, 0.15) is 17.8 Å². The van der Waals surface area contributed by atoms with Crippen molar-refractivity contribution < 1.29 is 0 Å². The van der Waals surface area contributed by atoms with Crippen LogP contribution in [-0.2, 0) is 6.54 Å². The normalized spacial score (nSPS) is 20.9. The summed E-state index contributed by atoms with van der Waals surface area (Å²) in [6.07, 6.45) is 6.08. The Balaban J connectivity index is 1.20. The number of halogens is 2. The van der Waals surface area contributed by atoms with Gasteiger partial charge in [-0.2, -0.15) is 5.10 Å². The van der Waals surface area contributed by atoms with Gasteiger partial charge in [0.05, 0.1) is 11.4 Å². The number of rotatable bonds is 6. The third-order valence-corrected chi connectivity index (χ3v) is 8.98. The molecule has 3 N–H and O–H groups in total. The van der Waals surface area contributed by atoms with E-state index in [0.717, 1.165) is 59.5 Å². The minimum Gasteiger partial charge on any atom is -0.383 e. The van der Waals surface area contributed by atoms with E-state index in [9.17, 15) is 0 Å². The summed E-state index contributed by atoms with van der Waals surface area (Å²) < 4.78 is 2.11. The smallest absolute Gasteiger partial charge is 0.164 e. The fourth-order valence-corrected chi connectivity index (χ4v) is 6.48. The quantitative estimate of drug-likeness (QED) is 0.309. The monoisotopic (exact) mass is 564 g/mol. The molecule has 8 nitrogen and oxygen atoms in total. The molecule has 6 rings (SSSR count). The first-order valence-electron chi connectivity index (χ1n) is 13.7. The number of nitrogens with two attached hydrogens (primary N) is 1. The number of nitrogen functional groups attached to an aromatic ring is 1. The standard InChI is InChI=1S/C29H34Cl2N8/c1-37-13-15-38(16-14-37)21-9-11-22(12-10-21)39-29-26(28(32)34-18-35-29)27(36-39)19-5-7-20(8-6-19)33-17-23-24(30)3-2-4-25(23)31/h2-8,18,21-22,33H,9-17H2,1H3,(H2,32,34,35). The highest BCUT2D eigenvalue weighted by atomic mass is 35.5. The van der Waals surface area contributed by atoms with Crippen molar-refractivity contribution in [3.8, 4) is 11.3 Å². The largest absolute Gasteiger partial charge is 0.383 e. The molecule has 2 fully saturated rings. The van der Waals surface area contributed by atoms with Gasteiger partial charge in [-0.25, -0.2) is 14.6 Å². The number of aromatic nitrogens is 4. The Hall–Kier alpha value is -2.91. The van der Waals surface area contributed by atoms with Gasteiger partial charge in [0, 0.05) is 65.6 Å². The molecule has 1 aliphatic carbocycles. The average molecular weight is 566 g/mol. The first-order valence-corrected chi connectivity index (χ1v) is 14.4. The molecule has 10 heteroatoms. The zero-order chi connectivity index (χ0) is 26.9. The van der Waals surface area contributed by atoms with Crippen molar-refractivity contribution in [1.82, 2.24) is 29.5 Å². The van der Waals surface area contributed by atoms with Gasteiger partial charge in [0.25, 0.3) is 0 Å². The summed E-state index contributed by atoms with van der Waals surface area (Å²) >= 11 is 12.7. The molecule has 0 unspecified atom stereocenters. The van der Waals surface area contributed by atoms with Crippen LogP contribution < -0.4 is 11.1 Å². The van der Waals surface area contributed by atoms with Crippen molar-refractivity contribution in [2.45, 2.75) is 44.3 Å². The minimum atomic E-state index is 0.306. The van der Waals surface area contributed by atoms with Gasteiger partial charge >= 0.3 is 0 Å². The second kappa shape index (κ2) is 11.3. The molecule has 3 heterocycles. The van der Waals surface area contributed by atoms with Crippen LogP contribution in [0.15, 0.2) is 48.8 Å². The molecule has 39 heavy (non-hydrogen) atoms. The van der Waals surface area contributed by atoms with E-state index < -0.39 is 0 Å². The number of nitrogens with zero attached hydrogens (tertiary/aromatic N) is 6. The molecule has 204 valence electrons. The van der Waals surface area contributed by atoms with Crippen LogP contribution in [0.25, 0.3) is 22.3 Å². The number of fused-ring (bicyclic) bond motifs is 1. The number of benzene rings is 2. The molecule has 2 aromatic carbocycles. The maximum Gasteiger partial charge on any atom is 0.164 e. The Labute approximate surface area is 239 Å². The summed E-state index contributed by atoms with van der Waals surface area (Å²) in [7, 11) is 2.21. The lowest BCUT2D eigenvalue weighted by Gasteiger charge is -2.41. The molecule has 1 aliphatic heterocycles. The minimum absolute atomic E-state index is 0.306. The Kier molecular flexibility index (Phi) is 7.62. The van der Waals surface area contributed by atoms with Crippen molar-refractivity contribution >= 4 is 45.7 Å². The molecular weight excluding hydrogens is 531 g/mol. The van der Waals surface area contributed by atoms with E-state index in [2.05, 4.69) is 48.9 Å². The lowest BCUT2D eigenvalue weighted by atomic mass is 9.90. The van der Waals surface area contributed by atoms with Gasteiger partial charge in [-0.05, 0) is 57.0 Å². The second-order valence-electron chi connectivity index (χ2n) is 10.7. The molecule has 0 atom stereocenters. The number of anilines is 2. The molecule has 4 aromatic rings. The molecule has 0 bridgehead atoms. The predicted molar refractivity (Wildman–Crippen MR) is 159 cm³/mol. The first kappa shape index (κ1) is 26.3. The van der Waals surface area contributed by atoms with E-state index >= 15 is 0 Å². The summed E-state index contributed by atoms with van der Waals surface area (Å²) in [5.74, 6) is 0.461. The van der Waals surface area contributed by atoms with Gasteiger partial charge in [-0.1, -0.05) is 41.4 Å². The summed E-state index contributed by atoms with van der Waals surface area (Å²) in [4.78, 5) is 14.0. The summed E-state index contributed by atoms with van der Waals surface area (Å²) in [5, 5.41) is 10.6. The van der Waals surface area contributed by atoms with Gasteiger partial charge in [-0.3, -0.25) is 4.90 Å². The fraction of sp³-hybridized carbons (Fsp3) is 0.414. The number of likely N-dealkylation sites (N-methyl/N-ethyl adjacent to an activating group) is 1. The van der Waals surface area contributed by atoms with E-state index in [4.69, 9.17) is 34.0 Å². The zero-order valence-electron chi connectivity index (χ0n) is 22.2. The molecule has 0 radical (unpaired) electrons. The van der Waals surface area contributed by atoms with E-state index in [1.165, 1.54) is 25.9 Å². The molecule has 1 saturated heterocycles. The maximum atomic E-state index is 6.39. The lowest BCUT2D eigenvalue weighted by Crippen LogP contribution is -2.49. The van der Waals surface area contributed by atoms with Gasteiger partial charge in [-0.15, -0.1) is 0 Å². The maximum absolute atomic E-state index is 6.39. The van der Waals surface area contributed by atoms with E-state index in [-0.39, 0.29) is 0 Å². The molecular formula is C29H34Cl2N8. The second-order valence-corrected chi connectivity index (χ2v) is 11.5. The third-order valence-electron chi connectivity index (χ3n) is 8.27. The highest BCUT2D eigenvalue weighted by Gasteiger charge is 2.30. The third kappa shape index (κ3) is 5.43. The van der Waals surface area contributed by atoms with Gasteiger partial charge < -0.3 is 16.0 Å². The van der Waals surface area contributed by atoms with Crippen molar-refractivity contribution in [3.63, 3.8) is 0 Å². The summed E-state index contributed by atoms with van der Waals surface area (Å²) in [6, 6.07) is 14.7. The number of hydrogen-bond acceptors (Lipinski definition) is 7. The molecule has 1 saturated carbocycles. The molecule has 2 aliphatic rings. The van der Waals surface area contributed by atoms with Crippen molar-refractivity contribution in [3.05, 3.63) is 64.4 Å². The first-order chi connectivity index (χ1) is 19.0. The Morgan fingerprint density at radius 3 is 2.26 bits per heavy atom. The van der Waals surface area contributed by atoms with Gasteiger partial charge in [0.15, 0.2) is 5.65 Å². The highest BCUT2D eigenvalue weighted by Crippen LogP contribution is 2.37. The summed E-state index contributed by atoms with van der Waals surface area (Å²) in [5.41, 5.74) is 10.8. The van der Waals surface area contributed by atoms with Crippen molar-refractivity contribution in [2.75, 3.05) is 44.3 Å². The van der Waals surface area contributed by atoms with Crippen LogP contribution in [0.5, 0.6) is 0 Å². The van der Waals surface area contributed by atoms with E-state index in [1.54, 1.807) is 6.33 Å². The topological polar surface area (TPSA) is 88.1 Å². The van der Waals surface area contributed by atoms with Crippen LogP contribution in [0, 0.1) is 0 Å². The van der Waals surface area contributed by atoms with E-state index in [0.29, 0.717) is 34.5 Å². The summed E-state index contributed by atoms with van der Waals surface area (Å²) in [6.45, 7) is 5.19. The Morgan fingerprint density at radius 2 is 1.56 bits per heavy atom. The highest BCUT2D eigenvalue weighted by molar-refractivity contribution is 6.36.